The topological polar surface area (TPSA) is 71.9 Å². The van der Waals surface area contributed by atoms with E-state index in [0.717, 1.165) is 55.2 Å². The van der Waals surface area contributed by atoms with Crippen LogP contribution in [0.4, 0.5) is 11.6 Å². The van der Waals surface area contributed by atoms with Crippen molar-refractivity contribution in [2.75, 3.05) is 31.6 Å². The van der Waals surface area contributed by atoms with E-state index >= 15 is 0 Å². The fourth-order valence-electron chi connectivity index (χ4n) is 4.55. The van der Waals surface area contributed by atoms with Crippen LogP contribution in [0.5, 0.6) is 5.75 Å². The lowest BCUT2D eigenvalue weighted by Gasteiger charge is -2.40. The van der Waals surface area contributed by atoms with Gasteiger partial charge < -0.3 is 19.0 Å². The van der Waals surface area contributed by atoms with Crippen LogP contribution in [0.25, 0.3) is 16.2 Å². The molecular formula is C22H22N6O2. The van der Waals surface area contributed by atoms with E-state index in [0.29, 0.717) is 17.7 Å². The lowest BCUT2D eigenvalue weighted by Crippen LogP contribution is -2.51. The van der Waals surface area contributed by atoms with Gasteiger partial charge in [0.25, 0.3) is 0 Å². The average Bonchev–Trinajstić information content (AvgIpc) is 3.45. The molecular weight excluding hydrogens is 380 g/mol. The molecule has 0 bridgehead atoms. The minimum Gasteiger partial charge on any atom is -0.497 e. The van der Waals surface area contributed by atoms with Crippen molar-refractivity contribution < 1.29 is 9.26 Å². The van der Waals surface area contributed by atoms with Gasteiger partial charge in [-0.1, -0.05) is 23.9 Å². The Morgan fingerprint density at radius 2 is 2.07 bits per heavy atom. The molecule has 2 aliphatic rings. The predicted octanol–water partition coefficient (Wildman–Crippen LogP) is 3.72. The van der Waals surface area contributed by atoms with Gasteiger partial charge in [0.1, 0.15) is 17.6 Å². The Morgan fingerprint density at radius 3 is 2.93 bits per heavy atom. The Labute approximate surface area is 174 Å². The number of benzene rings is 1. The monoisotopic (exact) mass is 402 g/mol. The molecule has 2 aliphatic heterocycles. The summed E-state index contributed by atoms with van der Waals surface area (Å²) in [6.07, 6.45) is 5.35. The Morgan fingerprint density at radius 1 is 1.17 bits per heavy atom. The van der Waals surface area contributed by atoms with E-state index in [1.165, 1.54) is 0 Å². The molecule has 2 aromatic heterocycles. The van der Waals surface area contributed by atoms with E-state index in [2.05, 4.69) is 29.8 Å². The van der Waals surface area contributed by atoms with Crippen LogP contribution in [-0.2, 0) is 0 Å². The van der Waals surface area contributed by atoms with Crippen molar-refractivity contribution in [3.8, 4) is 17.1 Å². The second kappa shape index (κ2) is 7.76. The van der Waals surface area contributed by atoms with Gasteiger partial charge in [0.2, 0.25) is 0 Å². The van der Waals surface area contributed by atoms with Gasteiger partial charge in [0, 0.05) is 37.3 Å². The molecule has 152 valence electrons. The van der Waals surface area contributed by atoms with Crippen LogP contribution in [0.2, 0.25) is 0 Å². The van der Waals surface area contributed by atoms with Crippen molar-refractivity contribution >= 4 is 11.6 Å². The molecule has 0 N–H and O–H groups in total. The van der Waals surface area contributed by atoms with Crippen LogP contribution in [-0.4, -0.2) is 52.8 Å². The maximum Gasteiger partial charge on any atom is 0.312 e. The smallest absolute Gasteiger partial charge is 0.312 e. The Balaban J connectivity index is 1.32. The number of fused-ring (bicyclic) bond motifs is 1. The minimum absolute atomic E-state index is 0.252. The van der Waals surface area contributed by atoms with Gasteiger partial charge in [-0.2, -0.15) is 0 Å². The summed E-state index contributed by atoms with van der Waals surface area (Å²) < 4.78 is 11.0. The molecule has 0 amide bonds. The Kier molecular flexibility index (Phi) is 4.81. The number of nitrogens with zero attached hydrogens (tertiary/aromatic N) is 6. The van der Waals surface area contributed by atoms with Gasteiger partial charge >= 0.3 is 5.82 Å². The van der Waals surface area contributed by atoms with Gasteiger partial charge in [-0.15, -0.1) is 4.98 Å². The van der Waals surface area contributed by atoms with E-state index in [1.54, 1.807) is 19.5 Å². The predicted molar refractivity (Wildman–Crippen MR) is 111 cm³/mol. The van der Waals surface area contributed by atoms with E-state index in [9.17, 15) is 0 Å². The third-order valence-electron chi connectivity index (χ3n) is 5.99. The highest BCUT2D eigenvalue weighted by molar-refractivity contribution is 5.62. The van der Waals surface area contributed by atoms with Crippen molar-refractivity contribution in [3.63, 3.8) is 0 Å². The molecule has 5 rings (SSSR count). The van der Waals surface area contributed by atoms with Gasteiger partial charge in [-0.25, -0.2) is 4.98 Å². The zero-order valence-electron chi connectivity index (χ0n) is 16.7. The summed E-state index contributed by atoms with van der Waals surface area (Å²) >= 11 is 0. The minimum atomic E-state index is 0.252. The molecule has 0 radical (unpaired) electrons. The van der Waals surface area contributed by atoms with Crippen LogP contribution >= 0.6 is 0 Å². The van der Waals surface area contributed by atoms with E-state index in [1.807, 2.05) is 30.3 Å². The number of hydrogen-bond acceptors (Lipinski definition) is 7. The molecule has 0 spiro atoms. The van der Waals surface area contributed by atoms with Crippen molar-refractivity contribution in [2.24, 2.45) is 0 Å². The van der Waals surface area contributed by atoms with Gasteiger partial charge in [0.15, 0.2) is 11.6 Å². The summed E-state index contributed by atoms with van der Waals surface area (Å²) in [5.74, 6) is 2.62. The molecule has 0 aliphatic carbocycles. The normalized spacial score (nSPS) is 21.3. The number of piperazine rings is 1. The molecule has 2 atom stereocenters. The number of hydrogen-bond donors (Lipinski definition) is 0. The maximum atomic E-state index is 7.35. The summed E-state index contributed by atoms with van der Waals surface area (Å²) in [5, 5.41) is 4.39. The number of rotatable bonds is 4. The van der Waals surface area contributed by atoms with E-state index in [-0.39, 0.29) is 6.04 Å². The van der Waals surface area contributed by atoms with Gasteiger partial charge in [-0.05, 0) is 25.0 Å². The van der Waals surface area contributed by atoms with Crippen LogP contribution in [0, 0.1) is 6.57 Å². The van der Waals surface area contributed by atoms with Crippen molar-refractivity contribution in [2.45, 2.75) is 24.9 Å². The molecule has 2 fully saturated rings. The van der Waals surface area contributed by atoms with Crippen molar-refractivity contribution in [1.29, 1.82) is 0 Å². The molecule has 4 heterocycles. The van der Waals surface area contributed by atoms with Crippen LogP contribution in [0.3, 0.4) is 0 Å². The Bertz CT molecular complexity index is 1090. The zero-order valence-corrected chi connectivity index (χ0v) is 16.7. The summed E-state index contributed by atoms with van der Waals surface area (Å²) in [5.41, 5.74) is 1.94. The molecule has 0 saturated carbocycles. The lowest BCUT2D eigenvalue weighted by molar-refractivity contribution is 0.170. The fraction of sp³-hybridized carbons (Fsp3) is 0.364. The average molecular weight is 402 g/mol. The standard InChI is InChI=1S/C22H22N6O2/c1-23-21-22(25-9-8-24-21)27-10-11-28-16(14-27)6-7-19(28)18-13-20(30-26-18)15-4-3-5-17(12-15)29-2/h3-5,8-9,12-13,16,19H,6-7,10-11,14H2,2H3/t16-,19+/m0/s1. The number of ether oxygens (including phenoxy) is 1. The number of methoxy groups -OCH3 is 1. The number of aromatic nitrogens is 3. The fourth-order valence-corrected chi connectivity index (χ4v) is 4.55. The SMILES string of the molecule is [C-]#[N+]c1nccnc1N1CCN2[C@@H](CC[C@@H]2c2cc(-c3cccc(OC)c3)on2)C1. The first-order valence-electron chi connectivity index (χ1n) is 10.1. The van der Waals surface area contributed by atoms with Crippen molar-refractivity contribution in [1.82, 2.24) is 20.0 Å². The summed E-state index contributed by atoms with van der Waals surface area (Å²) in [6, 6.07) is 10.5. The largest absolute Gasteiger partial charge is 0.497 e. The Hall–Kier alpha value is -3.44. The molecule has 2 saturated heterocycles. The van der Waals surface area contributed by atoms with Gasteiger partial charge in [-0.3, -0.25) is 4.90 Å². The molecule has 8 nitrogen and oxygen atoms in total. The maximum absolute atomic E-state index is 7.35. The van der Waals surface area contributed by atoms with Crippen LogP contribution in [0.1, 0.15) is 24.6 Å². The number of anilines is 1. The van der Waals surface area contributed by atoms with Gasteiger partial charge in [0.05, 0.1) is 19.3 Å². The lowest BCUT2D eigenvalue weighted by atomic mass is 10.1. The highest BCUT2D eigenvalue weighted by atomic mass is 16.5. The van der Waals surface area contributed by atoms with E-state index < -0.39 is 0 Å². The quantitative estimate of drug-likeness (QED) is 0.616. The first-order chi connectivity index (χ1) is 14.8. The van der Waals surface area contributed by atoms with Crippen LogP contribution in [0.15, 0.2) is 47.2 Å². The molecule has 0 unspecified atom stereocenters. The first-order valence-corrected chi connectivity index (χ1v) is 10.1. The van der Waals surface area contributed by atoms with E-state index in [4.69, 9.17) is 15.8 Å². The third-order valence-corrected chi connectivity index (χ3v) is 5.99. The summed E-state index contributed by atoms with van der Waals surface area (Å²) in [7, 11) is 1.66. The summed E-state index contributed by atoms with van der Waals surface area (Å²) in [6.45, 7) is 9.91. The van der Waals surface area contributed by atoms with Crippen LogP contribution < -0.4 is 9.64 Å². The molecule has 1 aromatic carbocycles. The first kappa shape index (κ1) is 18.6. The highest BCUT2D eigenvalue weighted by Crippen LogP contribution is 2.40. The van der Waals surface area contributed by atoms with Crippen molar-refractivity contribution in [3.05, 3.63) is 59.8 Å². The molecule has 30 heavy (non-hydrogen) atoms. The molecule has 3 aromatic rings. The summed E-state index contributed by atoms with van der Waals surface area (Å²) in [4.78, 5) is 16.8. The second-order valence-corrected chi connectivity index (χ2v) is 7.59. The molecule has 8 heteroatoms. The zero-order chi connectivity index (χ0) is 20.5. The highest BCUT2D eigenvalue weighted by Gasteiger charge is 2.40. The third kappa shape index (κ3) is 3.27. The second-order valence-electron chi connectivity index (χ2n) is 7.59.